The van der Waals surface area contributed by atoms with Crippen molar-refractivity contribution in [3.05, 3.63) is 41.1 Å². The van der Waals surface area contributed by atoms with Crippen LogP contribution in [0.15, 0.2) is 18.3 Å². The van der Waals surface area contributed by atoms with E-state index >= 15 is 0 Å². The van der Waals surface area contributed by atoms with Crippen LogP contribution < -0.4 is 0 Å². The number of aryl methyl sites for hydroxylation is 1. The van der Waals surface area contributed by atoms with E-state index in [1.54, 1.807) is 10.8 Å². The van der Waals surface area contributed by atoms with E-state index < -0.39 is 14.0 Å². The second-order valence-electron chi connectivity index (χ2n) is 6.39. The van der Waals surface area contributed by atoms with Gasteiger partial charge in [-0.05, 0) is 25.5 Å². The fourth-order valence-electron chi connectivity index (χ4n) is 1.97. The molecule has 0 aliphatic rings. The number of hydrogen-bond donors (Lipinski definition) is 0. The monoisotopic (exact) mass is 327 g/mol. The minimum absolute atomic E-state index is 0.196. The van der Waals surface area contributed by atoms with Gasteiger partial charge in [0.25, 0.3) is 0 Å². The molecule has 2 rings (SSSR count). The number of nitrogens with zero attached hydrogens (tertiary/aromatic N) is 3. The van der Waals surface area contributed by atoms with E-state index in [9.17, 15) is 4.79 Å². The van der Waals surface area contributed by atoms with Gasteiger partial charge in [0.1, 0.15) is 19.6 Å². The van der Waals surface area contributed by atoms with Crippen molar-refractivity contribution in [2.45, 2.75) is 33.5 Å². The Morgan fingerprint density at radius 1 is 1.26 bits per heavy atom. The highest BCUT2D eigenvalue weighted by molar-refractivity contribution is 6.83. The highest BCUT2D eigenvalue weighted by Crippen LogP contribution is 2.17. The summed E-state index contributed by atoms with van der Waals surface area (Å²) in [4.78, 5) is 20.8. The van der Waals surface area contributed by atoms with Gasteiger partial charge in [-0.15, -0.1) is 5.54 Å². The van der Waals surface area contributed by atoms with E-state index in [0.29, 0.717) is 11.5 Å². The summed E-state index contributed by atoms with van der Waals surface area (Å²) in [5.74, 6) is 3.44. The largest absolute Gasteiger partial charge is 0.463 e. The third-order valence-electron chi connectivity index (χ3n) is 3.16. The molecule has 120 valence electrons. The van der Waals surface area contributed by atoms with Gasteiger partial charge in [-0.1, -0.05) is 31.6 Å². The average Bonchev–Trinajstić information content (AvgIpc) is 2.81. The van der Waals surface area contributed by atoms with Crippen LogP contribution >= 0.6 is 0 Å². The molecule has 2 aromatic heterocycles. The van der Waals surface area contributed by atoms with Crippen LogP contribution in [-0.2, 0) is 4.74 Å². The lowest BCUT2D eigenvalue weighted by atomic mass is 10.3. The lowest BCUT2D eigenvalue weighted by molar-refractivity contribution is 0.0584. The maximum absolute atomic E-state index is 12.1. The number of carbonyl (C=O) groups is 1. The van der Waals surface area contributed by atoms with Gasteiger partial charge < -0.3 is 4.74 Å². The van der Waals surface area contributed by atoms with Crippen molar-refractivity contribution in [2.75, 3.05) is 7.11 Å². The number of pyridine rings is 1. The summed E-state index contributed by atoms with van der Waals surface area (Å²) in [6, 6.07) is 3.79. The molecule has 23 heavy (non-hydrogen) atoms. The molecule has 5 nitrogen and oxygen atoms in total. The van der Waals surface area contributed by atoms with Gasteiger partial charge in [0, 0.05) is 6.20 Å². The predicted molar refractivity (Wildman–Crippen MR) is 92.4 cm³/mol. The molecule has 0 radical (unpaired) electrons. The maximum Gasteiger partial charge on any atom is 0.374 e. The average molecular weight is 327 g/mol. The fourth-order valence-corrected chi connectivity index (χ4v) is 2.46. The number of rotatable bonds is 2. The summed E-state index contributed by atoms with van der Waals surface area (Å²) in [5.41, 5.74) is 5.70. The van der Waals surface area contributed by atoms with Crippen LogP contribution in [0.2, 0.25) is 19.6 Å². The van der Waals surface area contributed by atoms with Crippen LogP contribution in [0.1, 0.15) is 27.6 Å². The van der Waals surface area contributed by atoms with Gasteiger partial charge in [-0.25, -0.2) is 14.8 Å². The Morgan fingerprint density at radius 3 is 2.48 bits per heavy atom. The number of esters is 1. The number of methoxy groups -OCH3 is 1. The first-order valence-electron chi connectivity index (χ1n) is 7.37. The molecule has 0 saturated heterocycles. The van der Waals surface area contributed by atoms with Gasteiger partial charge in [0.2, 0.25) is 5.82 Å². The Hall–Kier alpha value is -2.39. The first kappa shape index (κ1) is 17.0. The van der Waals surface area contributed by atoms with E-state index in [1.807, 2.05) is 26.0 Å². The number of hydrogen-bond acceptors (Lipinski definition) is 4. The molecule has 0 fully saturated rings. The molecule has 0 unspecified atom stereocenters. The molecule has 0 bridgehead atoms. The molecule has 2 aromatic rings. The van der Waals surface area contributed by atoms with Gasteiger partial charge in [0.05, 0.1) is 12.8 Å². The van der Waals surface area contributed by atoms with Crippen molar-refractivity contribution in [1.29, 1.82) is 0 Å². The molecule has 0 saturated carbocycles. The zero-order valence-corrected chi connectivity index (χ0v) is 15.4. The van der Waals surface area contributed by atoms with E-state index in [1.165, 1.54) is 7.11 Å². The molecular formula is C17H21N3O2Si. The normalized spacial score (nSPS) is 10.9. The zero-order valence-electron chi connectivity index (χ0n) is 14.4. The summed E-state index contributed by atoms with van der Waals surface area (Å²) < 4.78 is 6.54. The maximum atomic E-state index is 12.1. The number of aromatic nitrogens is 3. The van der Waals surface area contributed by atoms with E-state index in [2.05, 4.69) is 41.1 Å². The van der Waals surface area contributed by atoms with Crippen LogP contribution in [0.5, 0.6) is 0 Å². The standard InChI is InChI=1S/C17H21N3O2Si/c1-12-7-8-15(18-11-12)20-13(2)14(9-10-23(4,5)6)19-16(20)17(21)22-3/h7-8,11H,1-6H3. The minimum atomic E-state index is -1.54. The first-order chi connectivity index (χ1) is 10.7. The quantitative estimate of drug-likeness (QED) is 0.483. The molecule has 6 heteroatoms. The molecule has 0 N–H and O–H groups in total. The third kappa shape index (κ3) is 3.87. The summed E-state index contributed by atoms with van der Waals surface area (Å²) >= 11 is 0. The van der Waals surface area contributed by atoms with Crippen LogP contribution in [0.3, 0.4) is 0 Å². The Morgan fingerprint density at radius 2 is 1.96 bits per heavy atom. The van der Waals surface area contributed by atoms with Crippen molar-refractivity contribution in [3.8, 4) is 17.3 Å². The van der Waals surface area contributed by atoms with Gasteiger partial charge in [-0.3, -0.25) is 4.57 Å². The number of imidazole rings is 1. The molecule has 0 aromatic carbocycles. The van der Waals surface area contributed by atoms with Gasteiger partial charge in [-0.2, -0.15) is 0 Å². The lowest BCUT2D eigenvalue weighted by Crippen LogP contribution is -2.16. The summed E-state index contributed by atoms with van der Waals surface area (Å²) in [7, 11) is -0.196. The highest BCUT2D eigenvalue weighted by atomic mass is 28.3. The lowest BCUT2D eigenvalue weighted by Gasteiger charge is -2.08. The third-order valence-corrected chi connectivity index (χ3v) is 4.03. The minimum Gasteiger partial charge on any atom is -0.463 e. The SMILES string of the molecule is COC(=O)c1nc(C#C[Si](C)(C)C)c(C)n1-c1ccc(C)cn1. The van der Waals surface area contributed by atoms with E-state index in [0.717, 1.165) is 11.3 Å². The Balaban J connectivity index is 2.63. The number of carbonyl (C=O) groups excluding carboxylic acids is 1. The molecule has 0 aliphatic carbocycles. The molecule has 0 spiro atoms. The summed E-state index contributed by atoms with van der Waals surface area (Å²) in [5, 5.41) is 0. The highest BCUT2D eigenvalue weighted by Gasteiger charge is 2.21. The molecule has 0 atom stereocenters. The fraction of sp³-hybridized carbons (Fsp3) is 0.353. The van der Waals surface area contributed by atoms with Crippen LogP contribution in [-0.4, -0.2) is 35.7 Å². The Bertz CT molecular complexity index is 790. The second-order valence-corrected chi connectivity index (χ2v) is 11.1. The van der Waals surface area contributed by atoms with Crippen LogP contribution in [0.4, 0.5) is 0 Å². The van der Waals surface area contributed by atoms with Crippen molar-refractivity contribution >= 4 is 14.0 Å². The Kier molecular flexibility index (Phi) is 4.71. The second kappa shape index (κ2) is 6.38. The number of ether oxygens (including phenoxy) is 1. The Labute approximate surface area is 137 Å². The smallest absolute Gasteiger partial charge is 0.374 e. The van der Waals surface area contributed by atoms with Gasteiger partial charge in [0.15, 0.2) is 0 Å². The van der Waals surface area contributed by atoms with Crippen molar-refractivity contribution in [1.82, 2.24) is 14.5 Å². The zero-order chi connectivity index (χ0) is 17.2. The molecule has 0 amide bonds. The predicted octanol–water partition coefficient (Wildman–Crippen LogP) is 2.90. The molecular weight excluding hydrogens is 306 g/mol. The first-order valence-corrected chi connectivity index (χ1v) is 10.9. The summed E-state index contributed by atoms with van der Waals surface area (Å²) in [6.07, 6.45) is 1.75. The summed E-state index contributed by atoms with van der Waals surface area (Å²) in [6.45, 7) is 10.3. The van der Waals surface area contributed by atoms with Crippen molar-refractivity contribution in [3.63, 3.8) is 0 Å². The molecule has 2 heterocycles. The molecule has 0 aliphatic heterocycles. The van der Waals surface area contributed by atoms with E-state index in [4.69, 9.17) is 4.74 Å². The van der Waals surface area contributed by atoms with Crippen LogP contribution in [0.25, 0.3) is 5.82 Å². The topological polar surface area (TPSA) is 57.0 Å². The van der Waals surface area contributed by atoms with Gasteiger partial charge >= 0.3 is 5.97 Å². The van der Waals surface area contributed by atoms with E-state index in [-0.39, 0.29) is 5.82 Å². The van der Waals surface area contributed by atoms with Crippen LogP contribution in [0, 0.1) is 25.3 Å². The van der Waals surface area contributed by atoms with Crippen molar-refractivity contribution in [2.24, 2.45) is 0 Å². The van der Waals surface area contributed by atoms with Crippen molar-refractivity contribution < 1.29 is 9.53 Å².